The highest BCUT2D eigenvalue weighted by molar-refractivity contribution is 6.07. The van der Waals surface area contributed by atoms with Gasteiger partial charge < -0.3 is 9.94 Å². The van der Waals surface area contributed by atoms with Crippen LogP contribution in [0.15, 0.2) is 29.1 Å². The van der Waals surface area contributed by atoms with E-state index in [-0.39, 0.29) is 10.9 Å². The van der Waals surface area contributed by atoms with Crippen molar-refractivity contribution in [3.05, 3.63) is 51.4 Å². The lowest BCUT2D eigenvalue weighted by Gasteiger charge is -2.13. The number of fused-ring (bicyclic) bond motifs is 3. The van der Waals surface area contributed by atoms with Gasteiger partial charge in [-0.1, -0.05) is 18.2 Å². The number of ether oxygens (including phenoxy) is 1. The molecule has 0 radical (unpaired) electrons. The third kappa shape index (κ3) is 1.77. The van der Waals surface area contributed by atoms with Crippen molar-refractivity contribution in [1.82, 2.24) is 9.71 Å². The predicted octanol–water partition coefficient (Wildman–Crippen LogP) is 2.19. The lowest BCUT2D eigenvalue weighted by molar-refractivity contribution is 0.0598. The Morgan fingerprint density at radius 3 is 2.64 bits per heavy atom. The molecule has 112 valence electrons. The van der Waals surface area contributed by atoms with Gasteiger partial charge >= 0.3 is 5.97 Å². The van der Waals surface area contributed by atoms with Crippen molar-refractivity contribution in [3.8, 4) is 0 Å². The third-order valence-corrected chi connectivity index (χ3v) is 3.81. The molecule has 6 nitrogen and oxygen atoms in total. The Morgan fingerprint density at radius 1 is 1.27 bits per heavy atom. The lowest BCUT2D eigenvalue weighted by atomic mass is 10.0. The van der Waals surface area contributed by atoms with E-state index in [4.69, 9.17) is 4.74 Å². The van der Waals surface area contributed by atoms with Crippen molar-refractivity contribution in [1.29, 1.82) is 0 Å². The Balaban J connectivity index is 2.62. The molecule has 2 heterocycles. The van der Waals surface area contributed by atoms with Gasteiger partial charge in [-0.05, 0) is 25.5 Å². The number of nitrogens with zero attached hydrogens (tertiary/aromatic N) is 2. The molecule has 0 aliphatic rings. The maximum absolute atomic E-state index is 12.5. The Labute approximate surface area is 125 Å². The maximum Gasteiger partial charge on any atom is 0.340 e. The van der Waals surface area contributed by atoms with Crippen LogP contribution in [0.5, 0.6) is 0 Å². The van der Waals surface area contributed by atoms with Gasteiger partial charge in [-0.15, -0.1) is 4.73 Å². The standard InChI is InChI=1S/C16H14N2O4/c1-8-12(16(20)22-3)9(2)17-14-10-6-4-5-7-11(10)18(21)15(19)13(8)14/h4-7,21H,1-3H3. The van der Waals surface area contributed by atoms with Gasteiger partial charge in [0.15, 0.2) is 0 Å². The molecule has 1 aromatic carbocycles. The highest BCUT2D eigenvalue weighted by Crippen LogP contribution is 2.26. The molecular formula is C16H14N2O4. The second-order valence-electron chi connectivity index (χ2n) is 5.05. The van der Waals surface area contributed by atoms with E-state index in [0.29, 0.717) is 32.4 Å². The normalized spacial score (nSPS) is 11.0. The second-order valence-corrected chi connectivity index (χ2v) is 5.05. The number of hydrogen-bond donors (Lipinski definition) is 1. The molecular weight excluding hydrogens is 284 g/mol. The number of rotatable bonds is 1. The molecule has 6 heteroatoms. The zero-order valence-electron chi connectivity index (χ0n) is 12.4. The van der Waals surface area contributed by atoms with Gasteiger partial charge in [-0.3, -0.25) is 9.78 Å². The molecule has 0 aliphatic heterocycles. The first-order chi connectivity index (χ1) is 10.5. The minimum Gasteiger partial charge on any atom is -0.465 e. The first kappa shape index (κ1) is 14.1. The van der Waals surface area contributed by atoms with Crippen LogP contribution in [0.25, 0.3) is 21.8 Å². The predicted molar refractivity (Wildman–Crippen MR) is 81.5 cm³/mol. The zero-order chi connectivity index (χ0) is 16.0. The van der Waals surface area contributed by atoms with E-state index in [1.807, 2.05) is 0 Å². The number of methoxy groups -OCH3 is 1. The van der Waals surface area contributed by atoms with Crippen LogP contribution >= 0.6 is 0 Å². The number of aromatic nitrogens is 2. The third-order valence-electron chi connectivity index (χ3n) is 3.81. The highest BCUT2D eigenvalue weighted by atomic mass is 16.5. The van der Waals surface area contributed by atoms with Crippen LogP contribution in [0.3, 0.4) is 0 Å². The smallest absolute Gasteiger partial charge is 0.340 e. The van der Waals surface area contributed by atoms with Gasteiger partial charge in [0, 0.05) is 5.39 Å². The number of benzene rings is 1. The Morgan fingerprint density at radius 2 is 1.95 bits per heavy atom. The molecule has 1 N–H and O–H groups in total. The molecule has 0 fully saturated rings. The minimum absolute atomic E-state index is 0.215. The number of pyridine rings is 2. The molecule has 0 saturated heterocycles. The van der Waals surface area contributed by atoms with E-state index in [0.717, 1.165) is 0 Å². The molecule has 0 unspecified atom stereocenters. The lowest BCUT2D eigenvalue weighted by Crippen LogP contribution is -2.21. The second kappa shape index (κ2) is 4.84. The average Bonchev–Trinajstić information content (AvgIpc) is 2.51. The van der Waals surface area contributed by atoms with Crippen LogP contribution in [0.2, 0.25) is 0 Å². The van der Waals surface area contributed by atoms with E-state index in [1.165, 1.54) is 7.11 Å². The molecule has 0 spiro atoms. The van der Waals surface area contributed by atoms with Crippen LogP contribution in [-0.2, 0) is 4.74 Å². The fourth-order valence-electron chi connectivity index (χ4n) is 2.79. The highest BCUT2D eigenvalue weighted by Gasteiger charge is 2.21. The maximum atomic E-state index is 12.5. The Bertz CT molecular complexity index is 989. The topological polar surface area (TPSA) is 81.4 Å². The summed E-state index contributed by atoms with van der Waals surface area (Å²) in [5.41, 5.74) is 1.42. The quantitative estimate of drug-likeness (QED) is 0.423. The van der Waals surface area contributed by atoms with E-state index in [2.05, 4.69) is 4.98 Å². The average molecular weight is 298 g/mol. The summed E-state index contributed by atoms with van der Waals surface area (Å²) < 4.78 is 5.34. The van der Waals surface area contributed by atoms with Crippen LogP contribution in [0.4, 0.5) is 0 Å². The molecule has 0 amide bonds. The number of para-hydroxylation sites is 1. The van der Waals surface area contributed by atoms with Gasteiger partial charge in [0.05, 0.1) is 34.8 Å². The number of carbonyl (C=O) groups is 1. The summed E-state index contributed by atoms with van der Waals surface area (Å²) in [4.78, 5) is 28.8. The molecule has 0 bridgehead atoms. The summed E-state index contributed by atoms with van der Waals surface area (Å²) in [5.74, 6) is -0.554. The van der Waals surface area contributed by atoms with Crippen LogP contribution in [0, 0.1) is 13.8 Å². The minimum atomic E-state index is -0.608. The Kier molecular flexibility index (Phi) is 3.09. The molecule has 3 aromatic rings. The number of carbonyl (C=O) groups excluding carboxylic acids is 1. The van der Waals surface area contributed by atoms with E-state index < -0.39 is 11.5 Å². The largest absolute Gasteiger partial charge is 0.465 e. The molecule has 2 aromatic heterocycles. The number of esters is 1. The van der Waals surface area contributed by atoms with E-state index in [9.17, 15) is 14.8 Å². The zero-order valence-corrected chi connectivity index (χ0v) is 12.4. The monoisotopic (exact) mass is 298 g/mol. The first-order valence-electron chi connectivity index (χ1n) is 6.69. The van der Waals surface area contributed by atoms with Crippen molar-refractivity contribution in [2.75, 3.05) is 7.11 Å². The summed E-state index contributed by atoms with van der Waals surface area (Å²) in [5, 5.41) is 11.0. The van der Waals surface area contributed by atoms with Crippen LogP contribution < -0.4 is 5.56 Å². The van der Waals surface area contributed by atoms with Gasteiger partial charge in [-0.25, -0.2) is 4.79 Å². The summed E-state index contributed by atoms with van der Waals surface area (Å²) in [6, 6.07) is 6.93. The van der Waals surface area contributed by atoms with Crippen molar-refractivity contribution in [2.45, 2.75) is 13.8 Å². The Hall–Kier alpha value is -2.89. The SMILES string of the molecule is COC(=O)c1c(C)nc2c(c1C)c(=O)n(O)c1ccccc21. The fourth-order valence-corrected chi connectivity index (χ4v) is 2.79. The van der Waals surface area contributed by atoms with Gasteiger partial charge in [-0.2, -0.15) is 0 Å². The number of aryl methyl sites for hydroxylation is 2. The van der Waals surface area contributed by atoms with E-state index in [1.54, 1.807) is 38.1 Å². The van der Waals surface area contributed by atoms with Crippen molar-refractivity contribution in [3.63, 3.8) is 0 Å². The van der Waals surface area contributed by atoms with Crippen LogP contribution in [0.1, 0.15) is 21.6 Å². The van der Waals surface area contributed by atoms with E-state index >= 15 is 0 Å². The van der Waals surface area contributed by atoms with Crippen molar-refractivity contribution < 1.29 is 14.7 Å². The molecule has 0 atom stereocenters. The molecule has 22 heavy (non-hydrogen) atoms. The van der Waals surface area contributed by atoms with Crippen molar-refractivity contribution in [2.24, 2.45) is 0 Å². The molecule has 0 aliphatic carbocycles. The fraction of sp³-hybridized carbons (Fsp3) is 0.188. The summed E-state index contributed by atoms with van der Waals surface area (Å²) in [6.45, 7) is 3.34. The van der Waals surface area contributed by atoms with Gasteiger partial charge in [0.2, 0.25) is 0 Å². The molecule has 0 saturated carbocycles. The van der Waals surface area contributed by atoms with Crippen molar-refractivity contribution >= 4 is 27.8 Å². The summed E-state index contributed by atoms with van der Waals surface area (Å²) >= 11 is 0. The number of hydrogen-bond acceptors (Lipinski definition) is 5. The molecule has 3 rings (SSSR count). The summed E-state index contributed by atoms with van der Waals surface area (Å²) in [7, 11) is 1.27. The summed E-state index contributed by atoms with van der Waals surface area (Å²) in [6.07, 6.45) is 0. The van der Waals surface area contributed by atoms with Gasteiger partial charge in [0.25, 0.3) is 5.56 Å². The van der Waals surface area contributed by atoms with Crippen LogP contribution in [-0.4, -0.2) is 28.0 Å². The first-order valence-corrected chi connectivity index (χ1v) is 6.69. The van der Waals surface area contributed by atoms with Gasteiger partial charge in [0.1, 0.15) is 0 Å².